The van der Waals surface area contributed by atoms with Gasteiger partial charge in [0.25, 0.3) is 0 Å². The number of nitrogens with two attached hydrogens (primary N) is 1. The summed E-state index contributed by atoms with van der Waals surface area (Å²) >= 11 is 0. The molecule has 0 aromatic carbocycles. The van der Waals surface area contributed by atoms with Crippen molar-refractivity contribution in [3.05, 3.63) is 0 Å². The number of unbranched alkanes of at least 4 members (excludes halogenated alkanes) is 1. The Balaban J connectivity index is 1.76. The number of ether oxygens (including phenoxy) is 2. The lowest BCUT2D eigenvalue weighted by Crippen LogP contribution is -2.36. The second kappa shape index (κ2) is 4.66. The highest BCUT2D eigenvalue weighted by molar-refractivity contribution is 4.63. The van der Waals surface area contributed by atoms with Gasteiger partial charge in [-0.1, -0.05) is 0 Å². The molecule has 0 radical (unpaired) electrons. The van der Waals surface area contributed by atoms with Crippen molar-refractivity contribution in [3.63, 3.8) is 0 Å². The molecule has 0 unspecified atom stereocenters. The topological polar surface area (TPSA) is 44.5 Å². The van der Waals surface area contributed by atoms with E-state index in [0.717, 1.165) is 39.2 Å². The van der Waals surface area contributed by atoms with Gasteiger partial charge in [-0.3, -0.25) is 0 Å². The molecule has 1 aliphatic heterocycles. The molecule has 3 nitrogen and oxygen atoms in total. The molecular weight excluding hydrogens is 130 g/mol. The number of hydrogen-bond donors (Lipinski definition) is 1. The van der Waals surface area contributed by atoms with Crippen molar-refractivity contribution in [2.75, 3.05) is 26.4 Å². The molecule has 1 rings (SSSR count). The Morgan fingerprint density at radius 3 is 2.70 bits per heavy atom. The third-order valence-electron chi connectivity index (χ3n) is 1.56. The van der Waals surface area contributed by atoms with Crippen molar-refractivity contribution in [1.82, 2.24) is 0 Å². The van der Waals surface area contributed by atoms with E-state index in [-0.39, 0.29) is 0 Å². The molecule has 2 N–H and O–H groups in total. The van der Waals surface area contributed by atoms with Crippen LogP contribution in [0, 0.1) is 0 Å². The van der Waals surface area contributed by atoms with E-state index >= 15 is 0 Å². The minimum atomic E-state index is 0.373. The molecule has 1 fully saturated rings. The van der Waals surface area contributed by atoms with Crippen molar-refractivity contribution in [2.45, 2.75) is 18.9 Å². The van der Waals surface area contributed by atoms with Crippen LogP contribution in [-0.2, 0) is 9.47 Å². The van der Waals surface area contributed by atoms with Gasteiger partial charge in [-0.05, 0) is 19.4 Å². The first-order valence-electron chi connectivity index (χ1n) is 3.83. The van der Waals surface area contributed by atoms with E-state index in [1.54, 1.807) is 0 Å². The quantitative estimate of drug-likeness (QED) is 0.560. The molecular formula is C7H15NO2. The van der Waals surface area contributed by atoms with Gasteiger partial charge in [0, 0.05) is 6.61 Å². The lowest BCUT2D eigenvalue weighted by molar-refractivity contribution is -0.129. The Morgan fingerprint density at radius 1 is 1.40 bits per heavy atom. The maximum Gasteiger partial charge on any atom is 0.104 e. The van der Waals surface area contributed by atoms with Crippen LogP contribution in [0.5, 0.6) is 0 Å². The molecule has 1 heterocycles. The van der Waals surface area contributed by atoms with Crippen LogP contribution >= 0.6 is 0 Å². The van der Waals surface area contributed by atoms with Gasteiger partial charge in [-0.2, -0.15) is 0 Å². The van der Waals surface area contributed by atoms with Crippen LogP contribution in [0.2, 0.25) is 0 Å². The van der Waals surface area contributed by atoms with Crippen LogP contribution in [0.25, 0.3) is 0 Å². The standard InChI is InChI=1S/C7H15NO2/c8-3-1-2-4-10-7-5-9-6-7/h7H,1-6,8H2. The molecule has 0 saturated carbocycles. The molecule has 0 bridgehead atoms. The summed E-state index contributed by atoms with van der Waals surface area (Å²) in [4.78, 5) is 0. The Morgan fingerprint density at radius 2 is 2.20 bits per heavy atom. The van der Waals surface area contributed by atoms with E-state index in [4.69, 9.17) is 15.2 Å². The maximum atomic E-state index is 5.40. The molecule has 0 amide bonds. The van der Waals surface area contributed by atoms with Gasteiger partial charge < -0.3 is 15.2 Å². The zero-order chi connectivity index (χ0) is 7.23. The molecule has 0 spiro atoms. The van der Waals surface area contributed by atoms with Gasteiger partial charge in [-0.15, -0.1) is 0 Å². The molecule has 0 aromatic rings. The van der Waals surface area contributed by atoms with Gasteiger partial charge >= 0.3 is 0 Å². The summed E-state index contributed by atoms with van der Waals surface area (Å²) in [5.41, 5.74) is 5.31. The highest BCUT2D eigenvalue weighted by Crippen LogP contribution is 2.05. The summed E-state index contributed by atoms with van der Waals surface area (Å²) in [6, 6.07) is 0. The first-order chi connectivity index (χ1) is 4.93. The Bertz CT molecular complexity index is 83.7. The third kappa shape index (κ3) is 2.64. The average Bonchev–Trinajstić information content (AvgIpc) is 1.84. The second-order valence-electron chi connectivity index (χ2n) is 2.53. The van der Waals surface area contributed by atoms with E-state index in [0.29, 0.717) is 6.10 Å². The molecule has 1 aliphatic rings. The van der Waals surface area contributed by atoms with Gasteiger partial charge in [0.05, 0.1) is 13.2 Å². The lowest BCUT2D eigenvalue weighted by atomic mass is 10.3. The predicted molar refractivity (Wildman–Crippen MR) is 38.8 cm³/mol. The van der Waals surface area contributed by atoms with E-state index in [1.807, 2.05) is 0 Å². The smallest absolute Gasteiger partial charge is 0.104 e. The Hall–Kier alpha value is -0.120. The van der Waals surface area contributed by atoms with Crippen molar-refractivity contribution in [1.29, 1.82) is 0 Å². The third-order valence-corrected chi connectivity index (χ3v) is 1.56. The molecule has 3 heteroatoms. The van der Waals surface area contributed by atoms with Crippen LogP contribution in [0.15, 0.2) is 0 Å². The number of hydrogen-bond acceptors (Lipinski definition) is 3. The van der Waals surface area contributed by atoms with Crippen molar-refractivity contribution >= 4 is 0 Å². The molecule has 1 saturated heterocycles. The monoisotopic (exact) mass is 145 g/mol. The summed E-state index contributed by atoms with van der Waals surface area (Å²) in [5.74, 6) is 0. The van der Waals surface area contributed by atoms with Crippen LogP contribution in [-0.4, -0.2) is 32.5 Å². The summed E-state index contributed by atoms with van der Waals surface area (Å²) in [6.07, 6.45) is 2.51. The first kappa shape index (κ1) is 7.98. The van der Waals surface area contributed by atoms with Gasteiger partial charge in [0.2, 0.25) is 0 Å². The van der Waals surface area contributed by atoms with E-state index in [2.05, 4.69) is 0 Å². The SMILES string of the molecule is NCCCCOC1COC1. The van der Waals surface area contributed by atoms with Crippen LogP contribution in [0.4, 0.5) is 0 Å². The number of rotatable bonds is 5. The minimum Gasteiger partial charge on any atom is -0.376 e. The van der Waals surface area contributed by atoms with Crippen molar-refractivity contribution in [2.24, 2.45) is 5.73 Å². The fourth-order valence-electron chi connectivity index (χ4n) is 0.807. The molecule has 0 aromatic heterocycles. The lowest BCUT2D eigenvalue weighted by Gasteiger charge is -2.25. The molecule has 0 atom stereocenters. The largest absolute Gasteiger partial charge is 0.376 e. The van der Waals surface area contributed by atoms with Crippen LogP contribution in [0.1, 0.15) is 12.8 Å². The highest BCUT2D eigenvalue weighted by atomic mass is 16.6. The normalized spacial score (nSPS) is 18.9. The summed E-state index contributed by atoms with van der Waals surface area (Å²) < 4.78 is 10.3. The maximum absolute atomic E-state index is 5.40. The molecule has 60 valence electrons. The van der Waals surface area contributed by atoms with Crippen molar-refractivity contribution < 1.29 is 9.47 Å². The summed E-state index contributed by atoms with van der Waals surface area (Å²) in [5, 5.41) is 0. The predicted octanol–water partition coefficient (Wildman–Crippen LogP) is 0.141. The summed E-state index contributed by atoms with van der Waals surface area (Å²) in [6.45, 7) is 3.17. The Kier molecular flexibility index (Phi) is 3.72. The van der Waals surface area contributed by atoms with Crippen molar-refractivity contribution in [3.8, 4) is 0 Å². The fourth-order valence-corrected chi connectivity index (χ4v) is 0.807. The minimum absolute atomic E-state index is 0.373. The average molecular weight is 145 g/mol. The van der Waals surface area contributed by atoms with Gasteiger partial charge in [0.1, 0.15) is 6.10 Å². The van der Waals surface area contributed by atoms with Gasteiger partial charge in [0.15, 0.2) is 0 Å². The fraction of sp³-hybridized carbons (Fsp3) is 1.00. The van der Waals surface area contributed by atoms with E-state index in [9.17, 15) is 0 Å². The molecule has 0 aliphatic carbocycles. The zero-order valence-corrected chi connectivity index (χ0v) is 6.21. The van der Waals surface area contributed by atoms with E-state index < -0.39 is 0 Å². The Labute approximate surface area is 61.5 Å². The zero-order valence-electron chi connectivity index (χ0n) is 6.21. The van der Waals surface area contributed by atoms with E-state index in [1.165, 1.54) is 0 Å². The molecule has 10 heavy (non-hydrogen) atoms. The first-order valence-corrected chi connectivity index (χ1v) is 3.83. The van der Waals surface area contributed by atoms with Crippen LogP contribution in [0.3, 0.4) is 0 Å². The summed E-state index contributed by atoms with van der Waals surface area (Å²) in [7, 11) is 0. The highest BCUT2D eigenvalue weighted by Gasteiger charge is 2.17. The van der Waals surface area contributed by atoms with Gasteiger partial charge in [-0.25, -0.2) is 0 Å². The van der Waals surface area contributed by atoms with Crippen LogP contribution < -0.4 is 5.73 Å². The second-order valence-corrected chi connectivity index (χ2v) is 2.53.